The molecule has 1 aliphatic heterocycles. The first-order valence-electron chi connectivity index (χ1n) is 11.8. The van der Waals surface area contributed by atoms with Crippen LogP contribution in [0.25, 0.3) is 0 Å². The molecule has 1 saturated heterocycles. The van der Waals surface area contributed by atoms with Gasteiger partial charge in [0.2, 0.25) is 11.8 Å². The number of benzene rings is 2. The zero-order valence-electron chi connectivity index (χ0n) is 19.3. The number of amides is 3. The van der Waals surface area contributed by atoms with Gasteiger partial charge in [-0.2, -0.15) is 0 Å². The van der Waals surface area contributed by atoms with Crippen LogP contribution in [0.15, 0.2) is 48.5 Å². The first-order chi connectivity index (χ1) is 16.5. The maximum absolute atomic E-state index is 13.8. The molecule has 3 amide bonds. The Morgan fingerprint density at radius 2 is 1.71 bits per heavy atom. The third kappa shape index (κ3) is 5.38. The number of carbonyl (C=O) groups is 3. The molecule has 0 spiro atoms. The fourth-order valence-electron chi connectivity index (χ4n) is 4.70. The molecule has 2 fully saturated rings. The van der Waals surface area contributed by atoms with E-state index >= 15 is 0 Å². The van der Waals surface area contributed by atoms with E-state index < -0.39 is 17.9 Å². The predicted molar refractivity (Wildman–Crippen MR) is 126 cm³/mol. The fraction of sp³-hybridized carbons (Fsp3) is 0.423. The van der Waals surface area contributed by atoms with Gasteiger partial charge in [0.15, 0.2) is 0 Å². The van der Waals surface area contributed by atoms with E-state index in [9.17, 15) is 18.8 Å². The summed E-state index contributed by atoms with van der Waals surface area (Å²) >= 11 is 0. The van der Waals surface area contributed by atoms with Crippen LogP contribution < -0.4 is 20.3 Å². The average molecular weight is 468 g/mol. The van der Waals surface area contributed by atoms with Crippen LogP contribution in [0.4, 0.5) is 10.1 Å². The molecule has 2 atom stereocenters. The summed E-state index contributed by atoms with van der Waals surface area (Å²) in [6, 6.07) is 10.7. The van der Waals surface area contributed by atoms with Gasteiger partial charge in [-0.1, -0.05) is 31.4 Å². The molecule has 2 aromatic rings. The zero-order chi connectivity index (χ0) is 24.1. The van der Waals surface area contributed by atoms with Crippen molar-refractivity contribution in [2.45, 2.75) is 63.1 Å². The van der Waals surface area contributed by atoms with Gasteiger partial charge in [0.25, 0.3) is 5.91 Å². The van der Waals surface area contributed by atoms with Gasteiger partial charge in [0.1, 0.15) is 23.7 Å². The summed E-state index contributed by atoms with van der Waals surface area (Å²) in [5.74, 6) is -0.731. The van der Waals surface area contributed by atoms with Crippen molar-refractivity contribution in [3.63, 3.8) is 0 Å². The van der Waals surface area contributed by atoms with Crippen LogP contribution in [0, 0.1) is 5.82 Å². The predicted octanol–water partition coefficient (Wildman–Crippen LogP) is 3.64. The number of anilines is 1. The van der Waals surface area contributed by atoms with E-state index in [1.54, 1.807) is 31.4 Å². The van der Waals surface area contributed by atoms with Gasteiger partial charge in [-0.15, -0.1) is 0 Å². The maximum Gasteiger partial charge on any atom is 0.250 e. The lowest BCUT2D eigenvalue weighted by molar-refractivity contribution is -0.128. The SMILES string of the molecule is COc1ccc(N(C(=O)[C@@H]2CCC(=O)N2)[C@@H](C(=O)NC2CCCCC2)c2ccc(F)cc2)cc1. The van der Waals surface area contributed by atoms with Crippen molar-refractivity contribution in [2.24, 2.45) is 0 Å². The summed E-state index contributed by atoms with van der Waals surface area (Å²) < 4.78 is 19.0. The highest BCUT2D eigenvalue weighted by atomic mass is 19.1. The smallest absolute Gasteiger partial charge is 0.250 e. The lowest BCUT2D eigenvalue weighted by Gasteiger charge is -2.34. The van der Waals surface area contributed by atoms with E-state index in [1.165, 1.54) is 29.2 Å². The second kappa shape index (κ2) is 10.7. The van der Waals surface area contributed by atoms with E-state index in [0.29, 0.717) is 23.4 Å². The van der Waals surface area contributed by atoms with Gasteiger partial charge in [0.05, 0.1) is 7.11 Å². The minimum Gasteiger partial charge on any atom is -0.497 e. The van der Waals surface area contributed by atoms with Crippen molar-refractivity contribution < 1.29 is 23.5 Å². The molecule has 2 aliphatic rings. The van der Waals surface area contributed by atoms with Gasteiger partial charge >= 0.3 is 0 Å². The Bertz CT molecular complexity index is 1020. The van der Waals surface area contributed by atoms with Gasteiger partial charge in [-0.05, 0) is 61.2 Å². The number of halogens is 1. The lowest BCUT2D eigenvalue weighted by atomic mass is 9.94. The molecule has 1 heterocycles. The quantitative estimate of drug-likeness (QED) is 0.651. The third-order valence-electron chi connectivity index (χ3n) is 6.53. The summed E-state index contributed by atoms with van der Waals surface area (Å²) in [6.07, 6.45) is 5.61. The van der Waals surface area contributed by atoms with Gasteiger partial charge in [0, 0.05) is 18.2 Å². The Kier molecular flexibility index (Phi) is 7.45. The van der Waals surface area contributed by atoms with Crippen molar-refractivity contribution in [3.05, 3.63) is 59.9 Å². The van der Waals surface area contributed by atoms with E-state index in [-0.39, 0.29) is 30.2 Å². The molecule has 2 aromatic carbocycles. The molecule has 8 heteroatoms. The molecular formula is C26H30FN3O4. The second-order valence-electron chi connectivity index (χ2n) is 8.86. The first kappa shape index (κ1) is 23.7. The Balaban J connectivity index is 1.74. The van der Waals surface area contributed by atoms with E-state index in [1.807, 2.05) is 0 Å². The van der Waals surface area contributed by atoms with Crippen molar-refractivity contribution in [1.82, 2.24) is 10.6 Å². The molecule has 1 aliphatic carbocycles. The largest absolute Gasteiger partial charge is 0.497 e. The van der Waals surface area contributed by atoms with Crippen molar-refractivity contribution in [2.75, 3.05) is 12.0 Å². The molecule has 1 saturated carbocycles. The van der Waals surface area contributed by atoms with E-state index in [2.05, 4.69) is 10.6 Å². The maximum atomic E-state index is 13.8. The Morgan fingerprint density at radius 1 is 1.03 bits per heavy atom. The molecule has 34 heavy (non-hydrogen) atoms. The van der Waals surface area contributed by atoms with Crippen molar-refractivity contribution >= 4 is 23.4 Å². The van der Waals surface area contributed by atoms with Gasteiger partial charge < -0.3 is 15.4 Å². The van der Waals surface area contributed by atoms with Gasteiger partial charge in [-0.3, -0.25) is 19.3 Å². The number of ether oxygens (including phenoxy) is 1. The van der Waals surface area contributed by atoms with Crippen LogP contribution in [-0.4, -0.2) is 36.9 Å². The molecule has 0 bridgehead atoms. The van der Waals surface area contributed by atoms with Crippen molar-refractivity contribution in [3.8, 4) is 5.75 Å². The Hall–Kier alpha value is -3.42. The number of nitrogens with one attached hydrogen (secondary N) is 2. The summed E-state index contributed by atoms with van der Waals surface area (Å²) in [4.78, 5) is 40.7. The fourth-order valence-corrected chi connectivity index (χ4v) is 4.70. The van der Waals surface area contributed by atoms with Crippen LogP contribution in [-0.2, 0) is 14.4 Å². The number of nitrogens with zero attached hydrogens (tertiary/aromatic N) is 1. The molecule has 2 N–H and O–H groups in total. The van der Waals surface area contributed by atoms with Crippen LogP contribution in [0.1, 0.15) is 56.6 Å². The Morgan fingerprint density at radius 3 is 2.29 bits per heavy atom. The van der Waals surface area contributed by atoms with Crippen LogP contribution in [0.5, 0.6) is 5.75 Å². The normalized spacial score (nSPS) is 19.2. The van der Waals surface area contributed by atoms with Gasteiger partial charge in [-0.25, -0.2) is 4.39 Å². The van der Waals surface area contributed by atoms with Crippen molar-refractivity contribution in [1.29, 1.82) is 0 Å². The average Bonchev–Trinajstić information content (AvgIpc) is 3.30. The number of carbonyl (C=O) groups excluding carboxylic acids is 3. The topological polar surface area (TPSA) is 87.7 Å². The first-order valence-corrected chi connectivity index (χ1v) is 11.8. The monoisotopic (exact) mass is 467 g/mol. The number of rotatable bonds is 7. The second-order valence-corrected chi connectivity index (χ2v) is 8.86. The molecular weight excluding hydrogens is 437 g/mol. The van der Waals surface area contributed by atoms with Crippen LogP contribution in [0.3, 0.4) is 0 Å². The molecule has 0 radical (unpaired) electrons. The molecule has 7 nitrogen and oxygen atoms in total. The van der Waals surface area contributed by atoms with Crippen LogP contribution >= 0.6 is 0 Å². The van der Waals surface area contributed by atoms with Crippen LogP contribution in [0.2, 0.25) is 0 Å². The summed E-state index contributed by atoms with van der Waals surface area (Å²) in [7, 11) is 1.55. The third-order valence-corrected chi connectivity index (χ3v) is 6.53. The summed E-state index contributed by atoms with van der Waals surface area (Å²) in [6.45, 7) is 0. The number of methoxy groups -OCH3 is 1. The highest BCUT2D eigenvalue weighted by Crippen LogP contribution is 2.32. The zero-order valence-corrected chi connectivity index (χ0v) is 19.3. The molecule has 0 unspecified atom stereocenters. The minimum absolute atomic E-state index is 0.0307. The highest BCUT2D eigenvalue weighted by Gasteiger charge is 2.39. The number of hydrogen-bond donors (Lipinski definition) is 2. The number of hydrogen-bond acceptors (Lipinski definition) is 4. The molecule has 0 aromatic heterocycles. The molecule has 180 valence electrons. The molecule has 4 rings (SSSR count). The Labute approximate surface area is 198 Å². The standard InChI is InChI=1S/C26H30FN3O4/c1-34-21-13-11-20(12-14-21)30(26(33)22-15-16-23(31)29-22)24(17-7-9-18(27)10-8-17)25(32)28-19-5-3-2-4-6-19/h7-14,19,22,24H,2-6,15-16H2,1H3,(H,28,32)(H,29,31)/t22-,24+/m0/s1. The highest BCUT2D eigenvalue weighted by molar-refractivity contribution is 6.05. The van der Waals surface area contributed by atoms with E-state index in [4.69, 9.17) is 4.74 Å². The van der Waals surface area contributed by atoms with E-state index in [0.717, 1.165) is 32.1 Å². The summed E-state index contributed by atoms with van der Waals surface area (Å²) in [5.41, 5.74) is 0.975. The summed E-state index contributed by atoms with van der Waals surface area (Å²) in [5, 5.41) is 5.84. The minimum atomic E-state index is -1.03. The lowest BCUT2D eigenvalue weighted by Crippen LogP contribution is -2.51.